The largest absolute Gasteiger partial charge is 0.478 e. The van der Waals surface area contributed by atoms with Crippen molar-refractivity contribution in [1.29, 1.82) is 0 Å². The van der Waals surface area contributed by atoms with Crippen molar-refractivity contribution in [3.8, 4) is 0 Å². The number of carbonyl (C=O) groups is 1. The van der Waals surface area contributed by atoms with Crippen molar-refractivity contribution in [2.75, 3.05) is 0 Å². The van der Waals surface area contributed by atoms with Crippen molar-refractivity contribution >= 4 is 17.3 Å². The Morgan fingerprint density at radius 2 is 2.16 bits per heavy atom. The predicted molar refractivity (Wildman–Crippen MR) is 75.2 cm³/mol. The lowest BCUT2D eigenvalue weighted by atomic mass is 10.1. The summed E-state index contributed by atoms with van der Waals surface area (Å²) in [5.41, 5.74) is 1.12. The van der Waals surface area contributed by atoms with Crippen LogP contribution in [0.2, 0.25) is 0 Å². The molecular weight excluding hydrogens is 262 g/mol. The first kappa shape index (κ1) is 13.5. The van der Waals surface area contributed by atoms with E-state index in [0.29, 0.717) is 17.8 Å². The van der Waals surface area contributed by atoms with Crippen molar-refractivity contribution in [2.45, 2.75) is 26.8 Å². The lowest BCUT2D eigenvalue weighted by molar-refractivity contribution is 0.0694. The molecule has 2 aromatic heterocycles. The average molecular weight is 277 g/mol. The highest BCUT2D eigenvalue weighted by Gasteiger charge is 2.15. The second-order valence-corrected chi connectivity index (χ2v) is 5.44. The summed E-state index contributed by atoms with van der Waals surface area (Å²) in [5, 5.41) is 11.2. The topological polar surface area (TPSA) is 59.3 Å². The van der Waals surface area contributed by atoms with Crippen molar-refractivity contribution in [1.82, 2.24) is 4.57 Å². The summed E-state index contributed by atoms with van der Waals surface area (Å²) in [6, 6.07) is 5.37. The first-order chi connectivity index (χ1) is 9.00. The van der Waals surface area contributed by atoms with Gasteiger partial charge in [-0.3, -0.25) is 4.79 Å². The molecule has 0 atom stereocenters. The molecule has 2 heterocycles. The van der Waals surface area contributed by atoms with Gasteiger partial charge in [-0.05, 0) is 37.3 Å². The summed E-state index contributed by atoms with van der Waals surface area (Å²) >= 11 is 1.64. The Morgan fingerprint density at radius 1 is 1.42 bits per heavy atom. The number of hydrogen-bond donors (Lipinski definition) is 1. The van der Waals surface area contributed by atoms with E-state index in [2.05, 4.69) is 0 Å². The van der Waals surface area contributed by atoms with Crippen LogP contribution in [-0.4, -0.2) is 15.6 Å². The molecule has 0 saturated carbocycles. The third-order valence-electron chi connectivity index (χ3n) is 3.14. The van der Waals surface area contributed by atoms with Gasteiger partial charge in [0.1, 0.15) is 0 Å². The molecule has 0 aliphatic heterocycles. The maximum atomic E-state index is 12.0. The third kappa shape index (κ3) is 2.76. The number of aromatic carboxylic acids is 1. The molecular formula is C14H15NO3S. The number of aromatic nitrogens is 1. The fourth-order valence-corrected chi connectivity index (χ4v) is 2.90. The first-order valence-corrected chi connectivity index (χ1v) is 6.85. The zero-order chi connectivity index (χ0) is 14.0. The SMILES string of the molecule is Cc1cc(=O)n(CCc2cccs2)c(C)c1C(=O)O. The molecule has 19 heavy (non-hydrogen) atoms. The minimum atomic E-state index is -0.986. The van der Waals surface area contributed by atoms with E-state index in [1.54, 1.807) is 25.2 Å². The van der Waals surface area contributed by atoms with Crippen LogP contribution in [0.5, 0.6) is 0 Å². The van der Waals surface area contributed by atoms with Gasteiger partial charge in [-0.1, -0.05) is 6.07 Å². The minimum absolute atomic E-state index is 0.142. The van der Waals surface area contributed by atoms with Gasteiger partial charge in [0.15, 0.2) is 0 Å². The van der Waals surface area contributed by atoms with Crippen LogP contribution in [0.15, 0.2) is 28.4 Å². The van der Waals surface area contributed by atoms with Crippen LogP contribution in [0.1, 0.15) is 26.5 Å². The van der Waals surface area contributed by atoms with Crippen LogP contribution in [-0.2, 0) is 13.0 Å². The fraction of sp³-hybridized carbons (Fsp3) is 0.286. The summed E-state index contributed by atoms with van der Waals surface area (Å²) in [6.07, 6.45) is 0.737. The van der Waals surface area contributed by atoms with E-state index in [-0.39, 0.29) is 11.1 Å². The van der Waals surface area contributed by atoms with Gasteiger partial charge in [-0.2, -0.15) is 0 Å². The van der Waals surface area contributed by atoms with Crippen molar-refractivity contribution < 1.29 is 9.90 Å². The van der Waals surface area contributed by atoms with Crippen LogP contribution < -0.4 is 5.56 Å². The Morgan fingerprint density at radius 3 is 2.74 bits per heavy atom. The van der Waals surface area contributed by atoms with Crippen LogP contribution >= 0.6 is 11.3 Å². The zero-order valence-electron chi connectivity index (χ0n) is 10.8. The summed E-state index contributed by atoms with van der Waals surface area (Å²) in [4.78, 5) is 24.4. The van der Waals surface area contributed by atoms with Gasteiger partial charge in [-0.15, -0.1) is 11.3 Å². The van der Waals surface area contributed by atoms with E-state index in [1.807, 2.05) is 17.5 Å². The number of carboxylic acid groups (broad SMARTS) is 1. The second kappa shape index (κ2) is 5.40. The van der Waals surface area contributed by atoms with Crippen LogP contribution in [0.4, 0.5) is 0 Å². The molecule has 5 heteroatoms. The first-order valence-electron chi connectivity index (χ1n) is 5.97. The smallest absolute Gasteiger partial charge is 0.337 e. The molecule has 4 nitrogen and oxygen atoms in total. The fourth-order valence-electron chi connectivity index (χ4n) is 2.20. The molecule has 0 aliphatic rings. The Kier molecular flexibility index (Phi) is 3.85. The van der Waals surface area contributed by atoms with E-state index in [9.17, 15) is 14.7 Å². The number of pyridine rings is 1. The summed E-state index contributed by atoms with van der Waals surface area (Å²) in [5.74, 6) is -0.986. The molecule has 2 aromatic rings. The van der Waals surface area contributed by atoms with E-state index in [4.69, 9.17) is 0 Å². The van der Waals surface area contributed by atoms with Gasteiger partial charge in [0, 0.05) is 23.2 Å². The molecule has 1 N–H and O–H groups in total. The van der Waals surface area contributed by atoms with E-state index in [0.717, 1.165) is 6.42 Å². The van der Waals surface area contributed by atoms with Gasteiger partial charge >= 0.3 is 5.97 Å². The second-order valence-electron chi connectivity index (χ2n) is 4.41. The zero-order valence-corrected chi connectivity index (χ0v) is 11.7. The molecule has 0 unspecified atom stereocenters. The number of thiophene rings is 1. The molecule has 0 saturated heterocycles. The Labute approximate surface area is 115 Å². The van der Waals surface area contributed by atoms with Crippen LogP contribution in [0.25, 0.3) is 0 Å². The monoisotopic (exact) mass is 277 g/mol. The van der Waals surface area contributed by atoms with Gasteiger partial charge in [0.25, 0.3) is 5.56 Å². The maximum absolute atomic E-state index is 12.0. The van der Waals surface area contributed by atoms with E-state index >= 15 is 0 Å². The molecule has 100 valence electrons. The predicted octanol–water partition coefficient (Wildman–Crippen LogP) is 2.47. The lowest BCUT2D eigenvalue weighted by Crippen LogP contribution is -2.26. The molecule has 0 aromatic carbocycles. The molecule has 0 radical (unpaired) electrons. The normalized spacial score (nSPS) is 10.6. The highest BCUT2D eigenvalue weighted by atomic mass is 32.1. The summed E-state index contributed by atoms with van der Waals surface area (Å²) < 4.78 is 1.54. The van der Waals surface area contributed by atoms with Crippen LogP contribution in [0.3, 0.4) is 0 Å². The average Bonchev–Trinajstić information content (AvgIpc) is 2.80. The lowest BCUT2D eigenvalue weighted by Gasteiger charge is -2.13. The Balaban J connectivity index is 2.37. The van der Waals surface area contributed by atoms with E-state index in [1.165, 1.54) is 15.5 Å². The maximum Gasteiger partial charge on any atom is 0.337 e. The number of rotatable bonds is 4. The summed E-state index contributed by atoms with van der Waals surface area (Å²) in [6.45, 7) is 3.85. The van der Waals surface area contributed by atoms with Gasteiger partial charge in [-0.25, -0.2) is 4.79 Å². The Bertz CT molecular complexity index is 656. The molecule has 0 aliphatic carbocycles. The molecule has 0 bridgehead atoms. The van der Waals surface area contributed by atoms with Crippen molar-refractivity contribution in [3.63, 3.8) is 0 Å². The number of nitrogens with zero attached hydrogens (tertiary/aromatic N) is 1. The van der Waals surface area contributed by atoms with Crippen molar-refractivity contribution in [3.05, 3.63) is 55.6 Å². The number of aryl methyl sites for hydroxylation is 2. The third-order valence-corrected chi connectivity index (χ3v) is 4.08. The number of hydrogen-bond acceptors (Lipinski definition) is 3. The molecule has 0 fully saturated rings. The van der Waals surface area contributed by atoms with Gasteiger partial charge in [0.05, 0.1) is 5.56 Å². The molecule has 0 amide bonds. The molecule has 0 spiro atoms. The molecule has 2 rings (SSSR count). The quantitative estimate of drug-likeness (QED) is 0.934. The van der Waals surface area contributed by atoms with Gasteiger partial charge < -0.3 is 9.67 Å². The van der Waals surface area contributed by atoms with Crippen LogP contribution in [0, 0.1) is 13.8 Å². The van der Waals surface area contributed by atoms with Gasteiger partial charge in [0.2, 0.25) is 0 Å². The van der Waals surface area contributed by atoms with E-state index < -0.39 is 5.97 Å². The highest BCUT2D eigenvalue weighted by molar-refractivity contribution is 7.09. The minimum Gasteiger partial charge on any atom is -0.478 e. The standard InChI is InChI=1S/C14H15NO3S/c1-9-8-12(16)15(10(2)13(9)14(17)18)6-5-11-4-3-7-19-11/h3-4,7-8H,5-6H2,1-2H3,(H,17,18). The Hall–Kier alpha value is -1.88. The number of carboxylic acids is 1. The van der Waals surface area contributed by atoms with Crippen molar-refractivity contribution in [2.24, 2.45) is 0 Å². The summed E-state index contributed by atoms with van der Waals surface area (Å²) in [7, 11) is 0. The highest BCUT2D eigenvalue weighted by Crippen LogP contribution is 2.14.